The van der Waals surface area contributed by atoms with Gasteiger partial charge in [-0.2, -0.15) is 5.10 Å². The van der Waals surface area contributed by atoms with Gasteiger partial charge in [0, 0.05) is 15.9 Å². The molecular weight excluding hydrogens is 486 g/mol. The van der Waals surface area contributed by atoms with Gasteiger partial charge in [-0.1, -0.05) is 54.6 Å². The summed E-state index contributed by atoms with van der Waals surface area (Å²) in [5, 5.41) is 7.11. The topological polar surface area (TPSA) is 68.5 Å². The van der Waals surface area contributed by atoms with Gasteiger partial charge in [-0.3, -0.25) is 4.79 Å². The molecule has 1 amide bonds. The third-order valence-electron chi connectivity index (χ3n) is 5.82. The minimum atomic E-state index is -1.14. The molecule has 29 heavy (non-hydrogen) atoms. The van der Waals surface area contributed by atoms with Crippen molar-refractivity contribution in [3.8, 4) is 0 Å². The second-order valence-corrected chi connectivity index (χ2v) is 8.07. The molecule has 4 atom stereocenters. The predicted octanol–water partition coefficient (Wildman–Crippen LogP) is 4.61. The van der Waals surface area contributed by atoms with E-state index < -0.39 is 17.9 Å². The number of amides is 1. The van der Waals surface area contributed by atoms with E-state index in [2.05, 4.69) is 38.0 Å². The zero-order valence-electron chi connectivity index (χ0n) is 16.2. The van der Waals surface area contributed by atoms with Crippen LogP contribution >= 0.6 is 22.6 Å². The molecule has 3 aromatic rings. The molecule has 1 aromatic carbocycles. The second-order valence-electron chi connectivity index (χ2n) is 7.31. The van der Waals surface area contributed by atoms with Crippen molar-refractivity contribution in [2.45, 2.75) is 38.1 Å². The first-order valence-corrected chi connectivity index (χ1v) is 11.1. The summed E-state index contributed by atoms with van der Waals surface area (Å²) in [6.45, 7) is 3.93. The van der Waals surface area contributed by atoms with Crippen LogP contribution in [-0.2, 0) is 4.74 Å². The molecule has 1 aliphatic heterocycles. The van der Waals surface area contributed by atoms with Gasteiger partial charge in [0.1, 0.15) is 24.1 Å². The first-order valence-electron chi connectivity index (χ1n) is 9.57. The molecule has 1 fully saturated rings. The van der Waals surface area contributed by atoms with Crippen LogP contribution in [0.25, 0.3) is 5.52 Å². The number of ether oxygens (including phenoxy) is 1. The number of benzene rings is 1. The second kappa shape index (κ2) is 7.98. The van der Waals surface area contributed by atoms with Gasteiger partial charge < -0.3 is 10.1 Å². The van der Waals surface area contributed by atoms with Crippen LogP contribution in [0.1, 0.15) is 42.4 Å². The lowest BCUT2D eigenvalue weighted by Crippen LogP contribution is -2.36. The Balaban J connectivity index is 1.67. The summed E-state index contributed by atoms with van der Waals surface area (Å²) in [6, 6.07) is 12.5. The molecule has 1 N–H and O–H groups in total. The lowest BCUT2D eigenvalue weighted by atomic mass is 9.86. The average molecular weight is 508 g/mol. The summed E-state index contributed by atoms with van der Waals surface area (Å²) in [5.41, 5.74) is 1.25. The molecule has 0 aliphatic carbocycles. The van der Waals surface area contributed by atoms with Crippen molar-refractivity contribution < 1.29 is 13.9 Å². The molecule has 0 unspecified atom stereocenters. The van der Waals surface area contributed by atoms with E-state index in [0.29, 0.717) is 22.6 Å². The fourth-order valence-corrected chi connectivity index (χ4v) is 5.30. The van der Waals surface area contributed by atoms with E-state index in [0.717, 1.165) is 10.8 Å². The first-order chi connectivity index (χ1) is 14.0. The van der Waals surface area contributed by atoms with Gasteiger partial charge in [0.2, 0.25) is 0 Å². The van der Waals surface area contributed by atoms with Crippen LogP contribution in [0.15, 0.2) is 48.8 Å². The summed E-state index contributed by atoms with van der Waals surface area (Å²) in [6.07, 6.45) is 0.244. The zero-order valence-corrected chi connectivity index (χ0v) is 18.3. The summed E-state index contributed by atoms with van der Waals surface area (Å²) >= 11 is 2.27. The number of aromatic nitrogens is 3. The lowest BCUT2D eigenvalue weighted by Gasteiger charge is -2.29. The predicted molar refractivity (Wildman–Crippen MR) is 117 cm³/mol. The number of halogens is 2. The third kappa shape index (κ3) is 3.42. The number of fused-ring (bicyclic) bond motifs is 1. The Hall–Kier alpha value is -2.07. The fraction of sp³-hybridized carbons (Fsp3) is 0.381. The maximum Gasteiger partial charge on any atom is 0.256 e. The van der Waals surface area contributed by atoms with E-state index in [-0.39, 0.29) is 11.8 Å². The molecule has 152 valence electrons. The number of carbonyl (C=O) groups is 1. The number of rotatable bonds is 5. The van der Waals surface area contributed by atoms with Crippen molar-refractivity contribution in [2.24, 2.45) is 5.92 Å². The fourth-order valence-electron chi connectivity index (χ4n) is 3.89. The molecule has 1 saturated heterocycles. The van der Waals surface area contributed by atoms with Crippen LogP contribution in [-0.4, -0.2) is 36.7 Å². The van der Waals surface area contributed by atoms with E-state index in [9.17, 15) is 4.79 Å². The average Bonchev–Trinajstić information content (AvgIpc) is 3.29. The highest BCUT2D eigenvalue weighted by Crippen LogP contribution is 2.48. The van der Waals surface area contributed by atoms with E-state index in [1.807, 2.05) is 19.9 Å². The Morgan fingerprint density at radius 1 is 1.31 bits per heavy atom. The molecule has 3 heterocycles. The number of nitrogens with one attached hydrogen (secondary N) is 1. The maximum absolute atomic E-state index is 15.2. The molecule has 0 radical (unpaired) electrons. The number of hydrogen-bond donors (Lipinski definition) is 1. The van der Waals surface area contributed by atoms with Gasteiger partial charge in [0.25, 0.3) is 5.91 Å². The van der Waals surface area contributed by atoms with Gasteiger partial charge in [-0.15, -0.1) is 0 Å². The molecule has 2 aromatic heterocycles. The Kier molecular flexibility index (Phi) is 5.56. The van der Waals surface area contributed by atoms with Crippen LogP contribution in [0.4, 0.5) is 10.2 Å². The van der Waals surface area contributed by atoms with Crippen molar-refractivity contribution >= 4 is 39.8 Å². The smallest absolute Gasteiger partial charge is 0.256 e. The van der Waals surface area contributed by atoms with Crippen LogP contribution in [0.2, 0.25) is 0 Å². The van der Waals surface area contributed by atoms with Crippen molar-refractivity contribution in [1.29, 1.82) is 0 Å². The normalized spacial score (nSPS) is 26.7. The Labute approximate surface area is 182 Å². The molecule has 8 heteroatoms. The molecule has 4 rings (SSSR count). The first kappa shape index (κ1) is 20.2. The summed E-state index contributed by atoms with van der Waals surface area (Å²) in [4.78, 5) is 16.7. The zero-order chi connectivity index (χ0) is 20.6. The minimum Gasteiger partial charge on any atom is -0.361 e. The summed E-state index contributed by atoms with van der Waals surface area (Å²) < 4.78 is 23.8. The molecule has 0 saturated carbocycles. The lowest BCUT2D eigenvalue weighted by molar-refractivity contribution is -0.0455. The van der Waals surface area contributed by atoms with Crippen LogP contribution in [0.5, 0.6) is 0 Å². The van der Waals surface area contributed by atoms with Gasteiger partial charge in [0.15, 0.2) is 5.82 Å². The number of alkyl halides is 2. The van der Waals surface area contributed by atoms with E-state index in [4.69, 9.17) is 4.74 Å². The maximum atomic E-state index is 15.2. The van der Waals surface area contributed by atoms with E-state index in [1.165, 1.54) is 6.33 Å². The standard InChI is InChI=1S/C21H22FIN4O2/c1-3-21(11-23)13(2)17(22)18(29-21)15-9-10-16-19(24-12-25-27(15)16)26-20(28)14-7-5-4-6-8-14/h4-10,12-13,17-18H,3,11H2,1-2H3,(H,24,25,26,28)/t13-,17+,18-,21-/m0/s1. The molecule has 0 spiro atoms. The van der Waals surface area contributed by atoms with Gasteiger partial charge >= 0.3 is 0 Å². The number of nitrogens with zero attached hydrogens (tertiary/aromatic N) is 3. The van der Waals surface area contributed by atoms with Crippen LogP contribution in [0.3, 0.4) is 0 Å². The number of anilines is 1. The highest BCUT2D eigenvalue weighted by Gasteiger charge is 2.52. The Morgan fingerprint density at radius 2 is 2.07 bits per heavy atom. The van der Waals surface area contributed by atoms with E-state index in [1.54, 1.807) is 40.9 Å². The molecular formula is C21H22FIN4O2. The Morgan fingerprint density at radius 3 is 2.72 bits per heavy atom. The molecule has 1 aliphatic rings. The van der Waals surface area contributed by atoms with Crippen molar-refractivity contribution in [3.63, 3.8) is 0 Å². The van der Waals surface area contributed by atoms with E-state index >= 15 is 4.39 Å². The van der Waals surface area contributed by atoms with Gasteiger partial charge in [-0.05, 0) is 30.7 Å². The Bertz CT molecular complexity index is 1020. The monoisotopic (exact) mass is 508 g/mol. The van der Waals surface area contributed by atoms with Crippen molar-refractivity contribution in [2.75, 3.05) is 9.74 Å². The molecule has 6 nitrogen and oxygen atoms in total. The summed E-state index contributed by atoms with van der Waals surface area (Å²) in [5.74, 6) is -0.116. The highest BCUT2D eigenvalue weighted by atomic mass is 127. The number of hydrogen-bond acceptors (Lipinski definition) is 4. The SMILES string of the molecule is CC[C@@]1(CI)O[C@@H](c2ccc3c(NC(=O)c4ccccc4)ncnn23)[C@H](F)[C@@H]1C. The van der Waals surface area contributed by atoms with Gasteiger partial charge in [0.05, 0.1) is 11.3 Å². The van der Waals surface area contributed by atoms with Gasteiger partial charge in [-0.25, -0.2) is 13.9 Å². The third-order valence-corrected chi connectivity index (χ3v) is 7.11. The van der Waals surface area contributed by atoms with Crippen LogP contribution < -0.4 is 5.32 Å². The molecule has 0 bridgehead atoms. The highest BCUT2D eigenvalue weighted by molar-refractivity contribution is 14.1. The van der Waals surface area contributed by atoms with Crippen molar-refractivity contribution in [3.05, 3.63) is 60.0 Å². The largest absolute Gasteiger partial charge is 0.361 e. The summed E-state index contributed by atoms with van der Waals surface area (Å²) in [7, 11) is 0. The number of carbonyl (C=O) groups excluding carboxylic acids is 1. The quantitative estimate of drug-likeness (QED) is 0.404. The minimum absolute atomic E-state index is 0.223. The van der Waals surface area contributed by atoms with Crippen LogP contribution in [0, 0.1) is 5.92 Å². The van der Waals surface area contributed by atoms with Crippen molar-refractivity contribution in [1.82, 2.24) is 14.6 Å².